The number of pyridine rings is 1. The van der Waals surface area contributed by atoms with Gasteiger partial charge in [0.2, 0.25) is 0 Å². The van der Waals surface area contributed by atoms with Crippen molar-refractivity contribution in [2.75, 3.05) is 26.2 Å². The van der Waals surface area contributed by atoms with Crippen LogP contribution in [0.2, 0.25) is 0 Å². The van der Waals surface area contributed by atoms with Gasteiger partial charge < -0.3 is 14.7 Å². The van der Waals surface area contributed by atoms with Gasteiger partial charge in [-0.3, -0.25) is 4.79 Å². The first kappa shape index (κ1) is 17.2. The number of fused-ring (bicyclic) bond motifs is 1. The van der Waals surface area contributed by atoms with Crippen molar-refractivity contribution < 1.29 is 9.32 Å². The lowest BCUT2D eigenvalue weighted by molar-refractivity contribution is 0.0737. The van der Waals surface area contributed by atoms with E-state index in [2.05, 4.69) is 29.3 Å². The molecule has 1 N–H and O–H groups in total. The van der Waals surface area contributed by atoms with E-state index in [0.29, 0.717) is 17.2 Å². The highest BCUT2D eigenvalue weighted by atomic mass is 35.5. The monoisotopic (exact) mass is 350 g/mol. The highest BCUT2D eigenvalue weighted by molar-refractivity contribution is 6.06. The summed E-state index contributed by atoms with van der Waals surface area (Å²) < 4.78 is 5.46. The van der Waals surface area contributed by atoms with Gasteiger partial charge in [-0.2, -0.15) is 0 Å². The van der Waals surface area contributed by atoms with Gasteiger partial charge in [0.05, 0.1) is 16.6 Å². The third-order valence-corrected chi connectivity index (χ3v) is 4.67. The summed E-state index contributed by atoms with van der Waals surface area (Å²) in [6, 6.07) is 1.98. The van der Waals surface area contributed by atoms with Crippen LogP contribution in [0.5, 0.6) is 0 Å². The Labute approximate surface area is 147 Å². The van der Waals surface area contributed by atoms with Crippen LogP contribution < -0.4 is 5.32 Å². The summed E-state index contributed by atoms with van der Waals surface area (Å²) in [6.45, 7) is 7.29. The van der Waals surface area contributed by atoms with E-state index in [1.807, 2.05) is 11.0 Å². The summed E-state index contributed by atoms with van der Waals surface area (Å²) in [5.41, 5.74) is 3.02. The van der Waals surface area contributed by atoms with Crippen molar-refractivity contribution in [2.24, 2.45) is 0 Å². The average Bonchev–Trinajstić information content (AvgIpc) is 3.33. The van der Waals surface area contributed by atoms with E-state index in [9.17, 15) is 4.79 Å². The molecule has 1 saturated heterocycles. The summed E-state index contributed by atoms with van der Waals surface area (Å²) in [7, 11) is 0. The molecule has 24 heavy (non-hydrogen) atoms. The minimum atomic E-state index is 0. The third-order valence-electron chi connectivity index (χ3n) is 4.67. The molecule has 7 heteroatoms. The van der Waals surface area contributed by atoms with Gasteiger partial charge in [-0.15, -0.1) is 12.4 Å². The number of nitrogens with one attached hydrogen (secondary N) is 1. The molecule has 2 aliphatic rings. The van der Waals surface area contributed by atoms with Gasteiger partial charge in [-0.25, -0.2) is 4.98 Å². The predicted octanol–water partition coefficient (Wildman–Crippen LogP) is 2.69. The fraction of sp³-hybridized carbons (Fsp3) is 0.588. The van der Waals surface area contributed by atoms with Crippen LogP contribution in [-0.4, -0.2) is 47.1 Å². The molecular weight excluding hydrogens is 328 g/mol. The molecule has 1 amide bonds. The minimum absolute atomic E-state index is 0. The summed E-state index contributed by atoms with van der Waals surface area (Å²) in [5, 5.41) is 8.27. The Morgan fingerprint density at radius 3 is 2.67 bits per heavy atom. The van der Waals surface area contributed by atoms with Gasteiger partial charge in [0.25, 0.3) is 11.6 Å². The number of halogens is 1. The van der Waals surface area contributed by atoms with Gasteiger partial charge >= 0.3 is 0 Å². The van der Waals surface area contributed by atoms with E-state index >= 15 is 0 Å². The highest BCUT2D eigenvalue weighted by Crippen LogP contribution is 2.41. The molecule has 1 saturated carbocycles. The Balaban J connectivity index is 0.00000169. The van der Waals surface area contributed by atoms with E-state index in [1.54, 1.807) is 0 Å². The number of hydrogen-bond acceptors (Lipinski definition) is 5. The zero-order chi connectivity index (χ0) is 16.0. The van der Waals surface area contributed by atoms with E-state index < -0.39 is 0 Å². The van der Waals surface area contributed by atoms with Crippen LogP contribution in [0.3, 0.4) is 0 Å². The molecule has 0 radical (unpaired) electrons. The van der Waals surface area contributed by atoms with E-state index in [4.69, 9.17) is 4.52 Å². The highest BCUT2D eigenvalue weighted by Gasteiger charge is 2.31. The maximum absolute atomic E-state index is 13.1. The molecule has 4 rings (SSSR count). The number of aromatic nitrogens is 2. The van der Waals surface area contributed by atoms with Gasteiger partial charge in [0.15, 0.2) is 0 Å². The molecule has 3 heterocycles. The lowest BCUT2D eigenvalue weighted by Gasteiger charge is -2.27. The number of amides is 1. The van der Waals surface area contributed by atoms with Crippen molar-refractivity contribution in [3.63, 3.8) is 0 Å². The first-order valence-corrected chi connectivity index (χ1v) is 8.45. The van der Waals surface area contributed by atoms with Crippen LogP contribution in [0.4, 0.5) is 0 Å². The van der Waals surface area contributed by atoms with Gasteiger partial charge in [-0.05, 0) is 24.8 Å². The molecular formula is C17H23ClN4O2. The zero-order valence-corrected chi connectivity index (χ0v) is 14.9. The maximum atomic E-state index is 13.1. The zero-order valence-electron chi connectivity index (χ0n) is 14.0. The quantitative estimate of drug-likeness (QED) is 0.921. The number of nitrogens with zero attached hydrogens (tertiary/aromatic N) is 3. The third kappa shape index (κ3) is 3.00. The largest absolute Gasteiger partial charge is 0.336 e. The molecule has 6 nitrogen and oxygen atoms in total. The molecule has 1 aliphatic carbocycles. The van der Waals surface area contributed by atoms with Crippen LogP contribution in [0.15, 0.2) is 10.6 Å². The second-order valence-electron chi connectivity index (χ2n) is 6.81. The van der Waals surface area contributed by atoms with Gasteiger partial charge in [-0.1, -0.05) is 19.0 Å². The molecule has 1 aliphatic heterocycles. The molecule has 0 aromatic carbocycles. The second-order valence-corrected chi connectivity index (χ2v) is 6.81. The molecule has 0 spiro atoms. The first-order valence-electron chi connectivity index (χ1n) is 8.45. The van der Waals surface area contributed by atoms with Crippen LogP contribution in [0.1, 0.15) is 60.3 Å². The van der Waals surface area contributed by atoms with Crippen molar-refractivity contribution in [3.8, 4) is 0 Å². The van der Waals surface area contributed by atoms with Gasteiger partial charge in [0.1, 0.15) is 0 Å². The van der Waals surface area contributed by atoms with E-state index in [-0.39, 0.29) is 24.2 Å². The van der Waals surface area contributed by atoms with Crippen LogP contribution >= 0.6 is 12.4 Å². The summed E-state index contributed by atoms with van der Waals surface area (Å²) >= 11 is 0. The molecule has 2 aromatic heterocycles. The van der Waals surface area contributed by atoms with Crippen molar-refractivity contribution in [1.82, 2.24) is 20.4 Å². The molecule has 2 fully saturated rings. The fourth-order valence-corrected chi connectivity index (χ4v) is 3.18. The summed E-state index contributed by atoms with van der Waals surface area (Å²) in [6.07, 6.45) is 2.29. The lowest BCUT2D eigenvalue weighted by Crippen LogP contribution is -2.46. The summed E-state index contributed by atoms with van der Waals surface area (Å²) in [4.78, 5) is 19.6. The minimum Gasteiger partial charge on any atom is -0.336 e. The molecule has 0 atom stereocenters. The maximum Gasteiger partial charge on any atom is 0.259 e. The standard InChI is InChI=1S/C17H22N4O2.ClH/c1-10(2)15-14-12(17(22)21-7-5-18-6-8-21)9-13(11-3-4-11)19-16(14)23-20-15;/h9-11,18H,3-8H2,1-2H3;1H. The van der Waals surface area contributed by atoms with Crippen LogP contribution in [0.25, 0.3) is 11.1 Å². The van der Waals surface area contributed by atoms with Crippen molar-refractivity contribution in [1.29, 1.82) is 0 Å². The van der Waals surface area contributed by atoms with Crippen molar-refractivity contribution in [2.45, 2.75) is 38.5 Å². The van der Waals surface area contributed by atoms with E-state index in [1.165, 1.54) is 0 Å². The Hall–Kier alpha value is -1.66. The van der Waals surface area contributed by atoms with Crippen molar-refractivity contribution in [3.05, 3.63) is 23.0 Å². The number of carbonyl (C=O) groups excluding carboxylic acids is 1. The Kier molecular flexibility index (Phi) is 4.78. The molecule has 0 unspecified atom stereocenters. The van der Waals surface area contributed by atoms with Crippen molar-refractivity contribution >= 4 is 29.4 Å². The molecule has 130 valence electrons. The number of rotatable bonds is 3. The van der Waals surface area contributed by atoms with Crippen LogP contribution in [-0.2, 0) is 0 Å². The SMILES string of the molecule is CC(C)c1noc2nc(C3CC3)cc(C(=O)N3CCNCC3)c12.Cl. The topological polar surface area (TPSA) is 71.3 Å². The normalized spacial score (nSPS) is 18.0. The number of piperazine rings is 1. The molecule has 0 bridgehead atoms. The summed E-state index contributed by atoms with van der Waals surface area (Å²) in [5.74, 6) is 0.742. The number of carbonyl (C=O) groups is 1. The fourth-order valence-electron chi connectivity index (χ4n) is 3.18. The van der Waals surface area contributed by atoms with Crippen LogP contribution in [0, 0.1) is 0 Å². The second kappa shape index (κ2) is 6.69. The van der Waals surface area contributed by atoms with E-state index in [0.717, 1.165) is 55.8 Å². The Morgan fingerprint density at radius 2 is 2.04 bits per heavy atom. The van der Waals surface area contributed by atoms with Gasteiger partial charge in [0, 0.05) is 37.8 Å². The molecule has 2 aromatic rings. The smallest absolute Gasteiger partial charge is 0.259 e. The lowest BCUT2D eigenvalue weighted by atomic mass is 10.0. The Morgan fingerprint density at radius 1 is 1.33 bits per heavy atom. The Bertz CT molecular complexity index is 748. The average molecular weight is 351 g/mol. The predicted molar refractivity (Wildman–Crippen MR) is 93.9 cm³/mol. The number of hydrogen-bond donors (Lipinski definition) is 1. The first-order chi connectivity index (χ1) is 11.1.